The first-order valence-corrected chi connectivity index (χ1v) is 15.7. The van der Waals surface area contributed by atoms with Crippen LogP contribution in [0.4, 0.5) is 0 Å². The molecule has 1 aromatic heterocycles. The maximum Gasteiger partial charge on any atom is 0.271 e. The van der Waals surface area contributed by atoms with E-state index in [9.17, 15) is 23.6 Å². The Morgan fingerprint density at radius 3 is 2.58 bits per heavy atom. The lowest BCUT2D eigenvalue weighted by atomic mass is 9.96. The first-order chi connectivity index (χ1) is 20.6. The number of hydrogen-bond acceptors (Lipinski definition) is 6. The van der Waals surface area contributed by atoms with E-state index in [1.165, 1.54) is 23.5 Å². The largest absolute Gasteiger partial charge is 0.394 e. The highest BCUT2D eigenvalue weighted by atomic mass is 32.2. The standard InChI is InChI=1S/C33H36N4O5S/c1-22-18-37(23(2)20-38)33(39)32-31(28-14-7-8-15-29(28)36(32)4)27-13-6-5-11-25(27)21-42-30(22)19-35(3)43(40,41)26-12-9-10-24(16-26)17-34/h5-16,22-23,30,38H,18-21H2,1-4H3/t22-,23+,30+/m0/s1. The van der Waals surface area contributed by atoms with Gasteiger partial charge in [-0.25, -0.2) is 8.42 Å². The van der Waals surface area contributed by atoms with Crippen LogP contribution < -0.4 is 0 Å². The van der Waals surface area contributed by atoms with Crippen LogP contribution in [0.5, 0.6) is 0 Å². The molecule has 9 nitrogen and oxygen atoms in total. The van der Waals surface area contributed by atoms with Crippen LogP contribution in [-0.2, 0) is 28.4 Å². The molecule has 0 radical (unpaired) electrons. The fraction of sp³-hybridized carbons (Fsp3) is 0.333. The molecule has 2 heterocycles. The molecule has 10 heteroatoms. The minimum absolute atomic E-state index is 0.0217. The number of nitriles is 1. The maximum atomic E-state index is 14.5. The van der Waals surface area contributed by atoms with Gasteiger partial charge in [0.15, 0.2) is 0 Å². The van der Waals surface area contributed by atoms with Crippen LogP contribution in [0.2, 0.25) is 0 Å². The summed E-state index contributed by atoms with van der Waals surface area (Å²) in [5.41, 5.74) is 4.24. The lowest BCUT2D eigenvalue weighted by Gasteiger charge is -2.35. The Hall–Kier alpha value is -4.01. The summed E-state index contributed by atoms with van der Waals surface area (Å²) in [5.74, 6) is -0.517. The van der Waals surface area contributed by atoms with Crippen molar-refractivity contribution in [1.82, 2.24) is 13.8 Å². The quantitative estimate of drug-likeness (QED) is 0.351. The highest BCUT2D eigenvalue weighted by molar-refractivity contribution is 7.89. The molecule has 3 atom stereocenters. The second-order valence-corrected chi connectivity index (χ2v) is 13.2. The van der Waals surface area contributed by atoms with E-state index in [1.807, 2.05) is 73.1 Å². The van der Waals surface area contributed by atoms with Gasteiger partial charge >= 0.3 is 0 Å². The Morgan fingerprint density at radius 2 is 1.84 bits per heavy atom. The van der Waals surface area contributed by atoms with Gasteiger partial charge in [0.2, 0.25) is 10.0 Å². The molecule has 1 aliphatic rings. The van der Waals surface area contributed by atoms with Crippen LogP contribution in [0.3, 0.4) is 0 Å². The molecule has 0 fully saturated rings. The molecule has 43 heavy (non-hydrogen) atoms. The number of sulfonamides is 1. The zero-order valence-corrected chi connectivity index (χ0v) is 25.6. The Labute approximate surface area is 252 Å². The van der Waals surface area contributed by atoms with Crippen molar-refractivity contribution < 1.29 is 23.1 Å². The summed E-state index contributed by atoms with van der Waals surface area (Å²) in [4.78, 5) is 16.2. The van der Waals surface area contributed by atoms with Crippen molar-refractivity contribution in [2.24, 2.45) is 13.0 Å². The van der Waals surface area contributed by atoms with Crippen molar-refractivity contribution in [2.45, 2.75) is 37.5 Å². The third kappa shape index (κ3) is 5.69. The monoisotopic (exact) mass is 600 g/mol. The molecule has 0 saturated heterocycles. The first kappa shape index (κ1) is 30.4. The van der Waals surface area contributed by atoms with Gasteiger partial charge in [-0.15, -0.1) is 0 Å². The van der Waals surface area contributed by atoms with Crippen LogP contribution in [-0.4, -0.2) is 72.1 Å². The zero-order chi connectivity index (χ0) is 30.9. The average Bonchev–Trinajstić information content (AvgIpc) is 3.31. The van der Waals surface area contributed by atoms with Crippen LogP contribution in [0.25, 0.3) is 22.0 Å². The van der Waals surface area contributed by atoms with E-state index >= 15 is 0 Å². The number of aromatic nitrogens is 1. The lowest BCUT2D eigenvalue weighted by molar-refractivity contribution is -0.0147. The number of hydrogen-bond donors (Lipinski definition) is 1. The van der Waals surface area contributed by atoms with E-state index in [4.69, 9.17) is 4.74 Å². The molecule has 0 bridgehead atoms. The number of carbonyl (C=O) groups is 1. The van der Waals surface area contributed by atoms with Crippen LogP contribution in [0.1, 0.15) is 35.5 Å². The minimum atomic E-state index is -3.93. The molecular formula is C33H36N4O5S. The van der Waals surface area contributed by atoms with Gasteiger partial charge in [0.25, 0.3) is 5.91 Å². The Morgan fingerprint density at radius 1 is 1.12 bits per heavy atom. The number of nitrogens with zero attached hydrogens (tertiary/aromatic N) is 4. The summed E-state index contributed by atoms with van der Waals surface area (Å²) in [5, 5.41) is 20.4. The molecule has 0 aliphatic carbocycles. The number of aliphatic hydroxyl groups is 1. The number of rotatable bonds is 6. The number of fused-ring (bicyclic) bond motifs is 5. The van der Waals surface area contributed by atoms with E-state index in [2.05, 4.69) is 0 Å². The number of likely N-dealkylation sites (N-methyl/N-ethyl adjacent to an activating group) is 1. The van der Waals surface area contributed by atoms with Gasteiger partial charge in [-0.1, -0.05) is 55.5 Å². The van der Waals surface area contributed by atoms with Crippen LogP contribution >= 0.6 is 0 Å². The zero-order valence-electron chi connectivity index (χ0n) is 24.8. The number of amides is 1. The summed E-state index contributed by atoms with van der Waals surface area (Å²) in [6.07, 6.45) is -0.592. The van der Waals surface area contributed by atoms with Crippen LogP contribution in [0.15, 0.2) is 77.7 Å². The molecule has 1 aliphatic heterocycles. The Balaban J connectivity index is 1.60. The maximum absolute atomic E-state index is 14.5. The highest BCUT2D eigenvalue weighted by Crippen LogP contribution is 2.38. The number of aliphatic hydroxyl groups excluding tert-OH is 1. The first-order valence-electron chi connectivity index (χ1n) is 14.2. The van der Waals surface area contributed by atoms with Gasteiger partial charge in [0.1, 0.15) is 5.69 Å². The van der Waals surface area contributed by atoms with Crippen molar-refractivity contribution in [1.29, 1.82) is 5.26 Å². The SMILES string of the molecule is C[C@H](CO)N1C[C@H](C)[C@@H](CN(C)S(=O)(=O)c2cccc(C#N)c2)OCc2ccccc2-c2c(n(C)c3ccccc23)C1=O. The van der Waals surface area contributed by atoms with Gasteiger partial charge in [0.05, 0.1) is 41.9 Å². The number of para-hydroxylation sites is 1. The van der Waals surface area contributed by atoms with Crippen molar-refractivity contribution in [2.75, 3.05) is 26.7 Å². The predicted octanol–water partition coefficient (Wildman–Crippen LogP) is 4.40. The molecule has 0 saturated carbocycles. The van der Waals surface area contributed by atoms with E-state index in [0.29, 0.717) is 5.69 Å². The number of carbonyl (C=O) groups excluding carboxylic acids is 1. The number of aryl methyl sites for hydroxylation is 1. The molecule has 1 amide bonds. The summed E-state index contributed by atoms with van der Waals surface area (Å²) in [6, 6.07) is 23.1. The van der Waals surface area contributed by atoms with Crippen LogP contribution in [0, 0.1) is 17.2 Å². The molecule has 4 aromatic rings. The third-order valence-electron chi connectivity index (χ3n) is 8.33. The number of ether oxygens (including phenoxy) is 1. The van der Waals surface area contributed by atoms with E-state index < -0.39 is 22.2 Å². The molecule has 0 unspecified atom stereocenters. The molecule has 3 aromatic carbocycles. The molecule has 224 valence electrons. The average molecular weight is 601 g/mol. The fourth-order valence-electron chi connectivity index (χ4n) is 5.78. The van der Waals surface area contributed by atoms with E-state index in [0.717, 1.165) is 27.6 Å². The van der Waals surface area contributed by atoms with E-state index in [1.54, 1.807) is 24.0 Å². The highest BCUT2D eigenvalue weighted by Gasteiger charge is 2.35. The summed E-state index contributed by atoms with van der Waals surface area (Å²) in [7, 11) is -0.558. The van der Waals surface area contributed by atoms with Gasteiger partial charge in [-0.3, -0.25) is 4.79 Å². The second-order valence-electron chi connectivity index (χ2n) is 11.2. The predicted molar refractivity (Wildman–Crippen MR) is 165 cm³/mol. The smallest absolute Gasteiger partial charge is 0.271 e. The molecular weight excluding hydrogens is 564 g/mol. The molecule has 5 rings (SSSR count). The van der Waals surface area contributed by atoms with Gasteiger partial charge in [-0.05, 0) is 42.3 Å². The summed E-state index contributed by atoms with van der Waals surface area (Å²) < 4.78 is 36.7. The topological polar surface area (TPSA) is 116 Å². The molecule has 0 spiro atoms. The van der Waals surface area contributed by atoms with Crippen molar-refractivity contribution in [3.63, 3.8) is 0 Å². The van der Waals surface area contributed by atoms with E-state index in [-0.39, 0.29) is 48.6 Å². The van der Waals surface area contributed by atoms with Gasteiger partial charge < -0.3 is 19.3 Å². The second kappa shape index (κ2) is 12.3. The normalized spacial score (nSPS) is 18.5. The minimum Gasteiger partial charge on any atom is -0.394 e. The number of benzene rings is 3. The van der Waals surface area contributed by atoms with Crippen molar-refractivity contribution in [3.05, 3.63) is 89.6 Å². The lowest BCUT2D eigenvalue weighted by Crippen LogP contribution is -2.48. The summed E-state index contributed by atoms with van der Waals surface area (Å²) >= 11 is 0. The van der Waals surface area contributed by atoms with Gasteiger partial charge in [0, 0.05) is 49.6 Å². The van der Waals surface area contributed by atoms with Crippen molar-refractivity contribution >= 4 is 26.8 Å². The van der Waals surface area contributed by atoms with Crippen molar-refractivity contribution in [3.8, 4) is 17.2 Å². The molecule has 1 N–H and O–H groups in total. The Bertz CT molecular complexity index is 1810. The fourth-order valence-corrected chi connectivity index (χ4v) is 7.01. The summed E-state index contributed by atoms with van der Waals surface area (Å²) in [6.45, 7) is 3.96. The Kier molecular flexibility index (Phi) is 8.71. The van der Waals surface area contributed by atoms with Gasteiger partial charge in [-0.2, -0.15) is 9.57 Å². The third-order valence-corrected chi connectivity index (χ3v) is 10.2.